The van der Waals surface area contributed by atoms with Gasteiger partial charge < -0.3 is 19.5 Å². The van der Waals surface area contributed by atoms with Gasteiger partial charge in [-0.05, 0) is 18.1 Å². The van der Waals surface area contributed by atoms with Gasteiger partial charge >= 0.3 is 5.97 Å². The van der Waals surface area contributed by atoms with E-state index in [2.05, 4.69) is 0 Å². The minimum Gasteiger partial charge on any atom is -0.485 e. The third-order valence-electron chi connectivity index (χ3n) is 3.01. The normalized spacial score (nSPS) is 16.6. The number of carboxylic acids is 1. The molecule has 1 unspecified atom stereocenters. The molecule has 0 spiro atoms. The van der Waals surface area contributed by atoms with Crippen molar-refractivity contribution >= 4 is 11.9 Å². The predicted molar refractivity (Wildman–Crippen MR) is 75.4 cm³/mol. The quantitative estimate of drug-likeness (QED) is 0.888. The molecular weight excluding hydrogens is 274 g/mol. The number of fused-ring (bicyclic) bond motifs is 1. The van der Waals surface area contributed by atoms with E-state index in [1.54, 1.807) is 18.2 Å². The number of para-hydroxylation sites is 2. The summed E-state index contributed by atoms with van der Waals surface area (Å²) in [5.41, 5.74) is 0. The van der Waals surface area contributed by atoms with E-state index in [0.29, 0.717) is 18.0 Å². The lowest BCUT2D eigenvalue weighted by Crippen LogP contribution is -2.49. The molecule has 1 aliphatic heterocycles. The second kappa shape index (κ2) is 6.47. The fourth-order valence-corrected chi connectivity index (χ4v) is 2.18. The Balaban J connectivity index is 2.09. The zero-order chi connectivity index (χ0) is 15.4. The summed E-state index contributed by atoms with van der Waals surface area (Å²) in [7, 11) is 0. The van der Waals surface area contributed by atoms with E-state index in [4.69, 9.17) is 14.6 Å². The number of carboxylic acid groups (broad SMARTS) is 1. The molecule has 1 heterocycles. The van der Waals surface area contributed by atoms with Crippen LogP contribution in [0.2, 0.25) is 0 Å². The van der Waals surface area contributed by atoms with E-state index in [1.165, 1.54) is 4.90 Å². The number of ether oxygens (including phenoxy) is 2. The summed E-state index contributed by atoms with van der Waals surface area (Å²) in [6.07, 6.45) is -0.807. The smallest absolute Gasteiger partial charge is 0.323 e. The number of benzene rings is 1. The summed E-state index contributed by atoms with van der Waals surface area (Å²) in [4.78, 5) is 24.6. The molecule has 114 valence electrons. The standard InChI is InChI=1S/C15H19NO5/c1-10(2)7-16(8-14(17)18)15(19)13-9-20-11-5-3-4-6-12(11)21-13/h3-6,10,13H,7-9H2,1-2H3,(H,17,18). The van der Waals surface area contributed by atoms with Gasteiger partial charge in [-0.1, -0.05) is 26.0 Å². The number of carbonyl (C=O) groups excluding carboxylic acids is 1. The molecule has 6 heteroatoms. The zero-order valence-corrected chi connectivity index (χ0v) is 12.1. The van der Waals surface area contributed by atoms with Crippen LogP contribution >= 0.6 is 0 Å². The maximum absolute atomic E-state index is 12.4. The molecule has 1 amide bonds. The van der Waals surface area contributed by atoms with Crippen LogP contribution in [-0.4, -0.2) is 47.7 Å². The maximum atomic E-state index is 12.4. The molecule has 1 aliphatic rings. The average molecular weight is 293 g/mol. The van der Waals surface area contributed by atoms with Gasteiger partial charge in [0.25, 0.3) is 5.91 Å². The SMILES string of the molecule is CC(C)CN(CC(=O)O)C(=O)C1COc2ccccc2O1. The molecule has 0 aliphatic carbocycles. The zero-order valence-electron chi connectivity index (χ0n) is 12.1. The number of carbonyl (C=O) groups is 2. The van der Waals surface area contributed by atoms with Crippen LogP contribution in [0.4, 0.5) is 0 Å². The van der Waals surface area contributed by atoms with Crippen LogP contribution in [0.1, 0.15) is 13.8 Å². The summed E-state index contributed by atoms with van der Waals surface area (Å²) in [5, 5.41) is 8.94. The molecular formula is C15H19NO5. The first kappa shape index (κ1) is 15.2. The van der Waals surface area contributed by atoms with Crippen LogP contribution in [-0.2, 0) is 9.59 Å². The Morgan fingerprint density at radius 3 is 2.62 bits per heavy atom. The van der Waals surface area contributed by atoms with Crippen molar-refractivity contribution in [1.29, 1.82) is 0 Å². The van der Waals surface area contributed by atoms with E-state index < -0.39 is 12.1 Å². The number of nitrogens with zero attached hydrogens (tertiary/aromatic N) is 1. The Morgan fingerprint density at radius 1 is 1.33 bits per heavy atom. The van der Waals surface area contributed by atoms with Crippen molar-refractivity contribution in [2.45, 2.75) is 20.0 Å². The molecule has 1 atom stereocenters. The van der Waals surface area contributed by atoms with Crippen LogP contribution < -0.4 is 9.47 Å². The van der Waals surface area contributed by atoms with E-state index in [1.807, 2.05) is 19.9 Å². The van der Waals surface area contributed by atoms with Gasteiger partial charge in [-0.3, -0.25) is 9.59 Å². The van der Waals surface area contributed by atoms with Crippen molar-refractivity contribution in [1.82, 2.24) is 4.90 Å². The van der Waals surface area contributed by atoms with E-state index in [0.717, 1.165) is 0 Å². The Hall–Kier alpha value is -2.24. The molecule has 1 aromatic carbocycles. The third kappa shape index (κ3) is 3.87. The van der Waals surface area contributed by atoms with Gasteiger partial charge in [0.1, 0.15) is 13.2 Å². The monoisotopic (exact) mass is 293 g/mol. The van der Waals surface area contributed by atoms with Gasteiger partial charge in [0, 0.05) is 6.54 Å². The maximum Gasteiger partial charge on any atom is 0.323 e. The van der Waals surface area contributed by atoms with Crippen molar-refractivity contribution in [2.75, 3.05) is 19.7 Å². The summed E-state index contributed by atoms with van der Waals surface area (Å²) in [6, 6.07) is 7.09. The van der Waals surface area contributed by atoms with Crippen molar-refractivity contribution in [3.05, 3.63) is 24.3 Å². The highest BCUT2D eigenvalue weighted by Crippen LogP contribution is 2.31. The van der Waals surface area contributed by atoms with Crippen molar-refractivity contribution in [2.24, 2.45) is 5.92 Å². The lowest BCUT2D eigenvalue weighted by atomic mass is 10.2. The van der Waals surface area contributed by atoms with Gasteiger partial charge in [0.05, 0.1) is 0 Å². The highest BCUT2D eigenvalue weighted by atomic mass is 16.6. The molecule has 6 nitrogen and oxygen atoms in total. The summed E-state index contributed by atoms with van der Waals surface area (Å²) >= 11 is 0. The van der Waals surface area contributed by atoms with Gasteiger partial charge in [-0.2, -0.15) is 0 Å². The van der Waals surface area contributed by atoms with Gasteiger partial charge in [0.15, 0.2) is 11.5 Å². The largest absolute Gasteiger partial charge is 0.485 e. The first-order valence-electron chi connectivity index (χ1n) is 6.86. The third-order valence-corrected chi connectivity index (χ3v) is 3.01. The summed E-state index contributed by atoms with van der Waals surface area (Å²) in [5.74, 6) is -0.135. The second-order valence-electron chi connectivity index (χ2n) is 5.37. The fraction of sp³-hybridized carbons (Fsp3) is 0.467. The molecule has 0 fully saturated rings. The van der Waals surface area contributed by atoms with Crippen molar-refractivity contribution < 1.29 is 24.2 Å². The molecule has 0 saturated carbocycles. The number of aliphatic carboxylic acids is 1. The number of rotatable bonds is 5. The lowest BCUT2D eigenvalue weighted by molar-refractivity contribution is -0.149. The minimum absolute atomic E-state index is 0.0874. The molecule has 1 aromatic rings. The second-order valence-corrected chi connectivity index (χ2v) is 5.37. The highest BCUT2D eigenvalue weighted by molar-refractivity contribution is 5.85. The number of hydrogen-bond acceptors (Lipinski definition) is 4. The van der Waals surface area contributed by atoms with Crippen LogP contribution in [0.3, 0.4) is 0 Å². The first-order valence-corrected chi connectivity index (χ1v) is 6.86. The molecule has 0 radical (unpaired) electrons. The van der Waals surface area contributed by atoms with Crippen molar-refractivity contribution in [3.8, 4) is 11.5 Å². The first-order chi connectivity index (χ1) is 9.97. The topological polar surface area (TPSA) is 76.1 Å². The van der Waals surface area contributed by atoms with Crippen LogP contribution in [0.25, 0.3) is 0 Å². The van der Waals surface area contributed by atoms with Gasteiger partial charge in [-0.25, -0.2) is 0 Å². The van der Waals surface area contributed by atoms with E-state index in [9.17, 15) is 9.59 Å². The lowest BCUT2D eigenvalue weighted by Gasteiger charge is -2.30. The fourth-order valence-electron chi connectivity index (χ4n) is 2.18. The molecule has 0 aromatic heterocycles. The highest BCUT2D eigenvalue weighted by Gasteiger charge is 2.32. The number of hydrogen-bond donors (Lipinski definition) is 1. The Labute approximate surface area is 123 Å². The van der Waals surface area contributed by atoms with Crippen LogP contribution in [0.15, 0.2) is 24.3 Å². The summed E-state index contributed by atoms with van der Waals surface area (Å²) in [6.45, 7) is 3.97. The van der Waals surface area contributed by atoms with Crippen molar-refractivity contribution in [3.63, 3.8) is 0 Å². The summed E-state index contributed by atoms with van der Waals surface area (Å²) < 4.78 is 11.1. The van der Waals surface area contributed by atoms with E-state index in [-0.39, 0.29) is 25.0 Å². The van der Waals surface area contributed by atoms with Crippen LogP contribution in [0, 0.1) is 5.92 Å². The molecule has 2 rings (SSSR count). The van der Waals surface area contributed by atoms with Gasteiger partial charge in [0.2, 0.25) is 6.10 Å². The minimum atomic E-state index is -1.04. The Morgan fingerprint density at radius 2 is 2.00 bits per heavy atom. The van der Waals surface area contributed by atoms with E-state index >= 15 is 0 Å². The Kier molecular flexibility index (Phi) is 4.67. The molecule has 0 bridgehead atoms. The molecule has 0 saturated heterocycles. The molecule has 1 N–H and O–H groups in total. The molecule has 21 heavy (non-hydrogen) atoms. The average Bonchev–Trinajstić information content (AvgIpc) is 2.44. The van der Waals surface area contributed by atoms with Gasteiger partial charge in [-0.15, -0.1) is 0 Å². The Bertz CT molecular complexity index is 529. The number of amides is 1. The van der Waals surface area contributed by atoms with Crippen LogP contribution in [0.5, 0.6) is 11.5 Å². The predicted octanol–water partition coefficient (Wildman–Crippen LogP) is 1.40.